The lowest BCUT2D eigenvalue weighted by Gasteiger charge is -2.36. The summed E-state index contributed by atoms with van der Waals surface area (Å²) >= 11 is 0. The average molecular weight is 289 g/mol. The first-order chi connectivity index (χ1) is 10.1. The number of nitrogens with zero attached hydrogens (tertiary/aromatic N) is 1. The van der Waals surface area contributed by atoms with Gasteiger partial charge in [0, 0.05) is 36.4 Å². The van der Waals surface area contributed by atoms with Gasteiger partial charge in [-0.15, -0.1) is 0 Å². The molecular weight excluding hydrogens is 266 g/mol. The fourth-order valence-corrected chi connectivity index (χ4v) is 3.63. The van der Waals surface area contributed by atoms with Crippen LogP contribution in [0.3, 0.4) is 0 Å². The molecule has 0 aliphatic carbocycles. The molecule has 1 aromatic rings. The van der Waals surface area contributed by atoms with E-state index >= 15 is 0 Å². The van der Waals surface area contributed by atoms with Gasteiger partial charge in [0.2, 0.25) is 5.91 Å². The van der Waals surface area contributed by atoms with Crippen molar-refractivity contribution in [1.29, 1.82) is 0 Å². The maximum Gasteiger partial charge on any atom is 0.225 e. The topological polar surface area (TPSA) is 78.6 Å². The number of aliphatic hydroxyl groups excluding tert-OH is 1. The van der Waals surface area contributed by atoms with E-state index < -0.39 is 0 Å². The highest BCUT2D eigenvalue weighted by molar-refractivity contribution is 5.90. The van der Waals surface area contributed by atoms with Crippen molar-refractivity contribution < 1.29 is 9.90 Å². The molecule has 2 saturated heterocycles. The number of carbonyl (C=O) groups excluding carboxylic acids is 1. The van der Waals surface area contributed by atoms with Gasteiger partial charge in [0.15, 0.2) is 0 Å². The number of hydrogen-bond acceptors (Lipinski definition) is 4. The van der Waals surface area contributed by atoms with Crippen molar-refractivity contribution in [2.24, 2.45) is 0 Å². The molecule has 0 aromatic heterocycles. The number of benzene rings is 1. The minimum atomic E-state index is -0.151. The highest BCUT2D eigenvalue weighted by atomic mass is 16.3. The first kappa shape index (κ1) is 14.4. The van der Waals surface area contributed by atoms with E-state index in [1.807, 2.05) is 12.1 Å². The van der Waals surface area contributed by atoms with Crippen LogP contribution in [0.1, 0.15) is 32.1 Å². The van der Waals surface area contributed by atoms with E-state index in [1.54, 1.807) is 12.1 Å². The maximum absolute atomic E-state index is 12.0. The van der Waals surface area contributed by atoms with Crippen LogP contribution in [-0.4, -0.2) is 40.6 Å². The Labute approximate surface area is 125 Å². The Balaban J connectivity index is 1.49. The third-order valence-electron chi connectivity index (χ3n) is 4.65. The van der Waals surface area contributed by atoms with Gasteiger partial charge in [-0.1, -0.05) is 0 Å². The Kier molecular flexibility index (Phi) is 4.12. The molecular formula is C16H23N3O2. The van der Waals surface area contributed by atoms with Gasteiger partial charge in [-0.3, -0.25) is 9.69 Å². The van der Waals surface area contributed by atoms with Crippen LogP contribution in [0.5, 0.6) is 0 Å². The minimum absolute atomic E-state index is 0.0327. The summed E-state index contributed by atoms with van der Waals surface area (Å²) < 4.78 is 0. The van der Waals surface area contributed by atoms with Crippen LogP contribution in [0.15, 0.2) is 24.3 Å². The second-order valence-electron chi connectivity index (χ2n) is 6.17. The largest absolute Gasteiger partial charge is 0.399 e. The summed E-state index contributed by atoms with van der Waals surface area (Å²) in [6.45, 7) is 0.781. The zero-order valence-electron chi connectivity index (χ0n) is 12.2. The Morgan fingerprint density at radius 1 is 1.24 bits per heavy atom. The number of rotatable bonds is 4. The number of anilines is 2. The Bertz CT molecular complexity index is 489. The lowest BCUT2D eigenvalue weighted by Crippen LogP contribution is -2.45. The minimum Gasteiger partial charge on any atom is -0.399 e. The molecule has 5 nitrogen and oxygen atoms in total. The Morgan fingerprint density at radius 3 is 2.48 bits per heavy atom. The molecule has 2 aliphatic heterocycles. The van der Waals surface area contributed by atoms with Crippen molar-refractivity contribution in [2.75, 3.05) is 17.6 Å². The molecule has 3 rings (SSSR count). The number of nitrogens with one attached hydrogen (secondary N) is 1. The van der Waals surface area contributed by atoms with Crippen LogP contribution >= 0.6 is 0 Å². The SMILES string of the molecule is Nc1ccc(NC(=O)CCN2C3CCC2CC(O)C3)cc1. The van der Waals surface area contributed by atoms with Crippen LogP contribution in [0, 0.1) is 0 Å². The molecule has 2 bridgehead atoms. The number of amides is 1. The summed E-state index contributed by atoms with van der Waals surface area (Å²) in [5.74, 6) is 0.0327. The first-order valence-corrected chi connectivity index (χ1v) is 7.71. The van der Waals surface area contributed by atoms with Gasteiger partial charge in [0.1, 0.15) is 0 Å². The Hall–Kier alpha value is -1.59. The normalized spacial score (nSPS) is 28.5. The number of fused-ring (bicyclic) bond motifs is 2. The van der Waals surface area contributed by atoms with Crippen molar-refractivity contribution in [3.05, 3.63) is 24.3 Å². The fraction of sp³-hybridized carbons (Fsp3) is 0.562. The van der Waals surface area contributed by atoms with Crippen LogP contribution in [0.2, 0.25) is 0 Å². The van der Waals surface area contributed by atoms with Gasteiger partial charge in [-0.05, 0) is 49.9 Å². The zero-order chi connectivity index (χ0) is 14.8. The molecule has 114 valence electrons. The van der Waals surface area contributed by atoms with Gasteiger partial charge in [-0.25, -0.2) is 0 Å². The van der Waals surface area contributed by atoms with Gasteiger partial charge >= 0.3 is 0 Å². The van der Waals surface area contributed by atoms with E-state index in [0.29, 0.717) is 24.2 Å². The summed E-state index contributed by atoms with van der Waals surface area (Å²) in [5.41, 5.74) is 7.10. The second kappa shape index (κ2) is 6.03. The number of piperidine rings is 1. The smallest absolute Gasteiger partial charge is 0.225 e. The molecule has 0 spiro atoms. The third-order valence-corrected chi connectivity index (χ3v) is 4.65. The molecule has 2 aliphatic rings. The van der Waals surface area contributed by atoms with Crippen molar-refractivity contribution in [1.82, 2.24) is 4.90 Å². The van der Waals surface area contributed by atoms with Crippen LogP contribution in [0.25, 0.3) is 0 Å². The summed E-state index contributed by atoms with van der Waals surface area (Å²) in [6.07, 6.45) is 4.37. The summed E-state index contributed by atoms with van der Waals surface area (Å²) in [5, 5.41) is 12.7. The molecule has 0 saturated carbocycles. The van der Waals surface area contributed by atoms with E-state index in [2.05, 4.69) is 10.2 Å². The van der Waals surface area contributed by atoms with Gasteiger partial charge in [-0.2, -0.15) is 0 Å². The van der Waals surface area contributed by atoms with E-state index in [1.165, 1.54) is 0 Å². The van der Waals surface area contributed by atoms with Crippen LogP contribution < -0.4 is 11.1 Å². The quantitative estimate of drug-likeness (QED) is 0.735. The van der Waals surface area contributed by atoms with E-state index in [9.17, 15) is 9.90 Å². The fourth-order valence-electron chi connectivity index (χ4n) is 3.63. The zero-order valence-corrected chi connectivity index (χ0v) is 12.2. The number of aliphatic hydroxyl groups is 1. The molecule has 1 amide bonds. The number of hydrogen-bond donors (Lipinski definition) is 3. The van der Waals surface area contributed by atoms with E-state index in [4.69, 9.17) is 5.73 Å². The predicted molar refractivity (Wildman–Crippen MR) is 82.9 cm³/mol. The lowest BCUT2D eigenvalue weighted by molar-refractivity contribution is -0.116. The van der Waals surface area contributed by atoms with Crippen molar-refractivity contribution in [3.63, 3.8) is 0 Å². The molecule has 1 aromatic carbocycles. The average Bonchev–Trinajstić information content (AvgIpc) is 2.69. The molecule has 2 fully saturated rings. The van der Waals surface area contributed by atoms with Crippen molar-refractivity contribution in [2.45, 2.75) is 50.3 Å². The van der Waals surface area contributed by atoms with Gasteiger partial charge in [0.05, 0.1) is 6.10 Å². The van der Waals surface area contributed by atoms with Gasteiger partial charge < -0.3 is 16.2 Å². The van der Waals surface area contributed by atoms with Crippen LogP contribution in [0.4, 0.5) is 11.4 Å². The second-order valence-corrected chi connectivity index (χ2v) is 6.17. The number of nitrogens with two attached hydrogens (primary N) is 1. The highest BCUT2D eigenvalue weighted by Gasteiger charge is 2.39. The molecule has 2 unspecified atom stereocenters. The molecule has 4 N–H and O–H groups in total. The summed E-state index contributed by atoms with van der Waals surface area (Å²) in [7, 11) is 0. The highest BCUT2D eigenvalue weighted by Crippen LogP contribution is 2.35. The number of carbonyl (C=O) groups is 1. The molecule has 2 atom stereocenters. The van der Waals surface area contributed by atoms with Crippen molar-refractivity contribution >= 4 is 17.3 Å². The van der Waals surface area contributed by atoms with Gasteiger partial charge in [0.25, 0.3) is 0 Å². The summed E-state index contributed by atoms with van der Waals surface area (Å²) in [6, 6.07) is 8.11. The monoisotopic (exact) mass is 289 g/mol. The summed E-state index contributed by atoms with van der Waals surface area (Å²) in [4.78, 5) is 14.4. The van der Waals surface area contributed by atoms with Crippen LogP contribution in [-0.2, 0) is 4.79 Å². The third kappa shape index (κ3) is 3.36. The van der Waals surface area contributed by atoms with E-state index in [-0.39, 0.29) is 12.0 Å². The molecule has 21 heavy (non-hydrogen) atoms. The maximum atomic E-state index is 12.0. The molecule has 2 heterocycles. The predicted octanol–water partition coefficient (Wildman–Crippen LogP) is 1.59. The van der Waals surface area contributed by atoms with Crippen molar-refractivity contribution in [3.8, 4) is 0 Å². The first-order valence-electron chi connectivity index (χ1n) is 7.71. The molecule has 0 radical (unpaired) electrons. The molecule has 5 heteroatoms. The lowest BCUT2D eigenvalue weighted by atomic mass is 10.00. The Morgan fingerprint density at radius 2 is 1.86 bits per heavy atom. The standard InChI is InChI=1S/C16H23N3O2/c17-11-1-3-12(4-2-11)18-16(21)7-8-19-13-5-6-14(19)10-15(20)9-13/h1-4,13-15,20H,5-10,17H2,(H,18,21). The number of nitrogen functional groups attached to an aromatic ring is 1. The van der Waals surface area contributed by atoms with E-state index in [0.717, 1.165) is 37.9 Å².